The van der Waals surface area contributed by atoms with Crippen molar-refractivity contribution in [3.8, 4) is 0 Å². The summed E-state index contributed by atoms with van der Waals surface area (Å²) < 4.78 is 16.9. The molecule has 0 fully saturated rings. The van der Waals surface area contributed by atoms with Gasteiger partial charge >= 0.3 is 17.9 Å². The van der Waals surface area contributed by atoms with Crippen LogP contribution in [0.5, 0.6) is 0 Å². The first-order valence-electron chi connectivity index (χ1n) is 30.1. The van der Waals surface area contributed by atoms with E-state index < -0.39 is 6.10 Å². The van der Waals surface area contributed by atoms with E-state index in [9.17, 15) is 14.4 Å². The summed E-state index contributed by atoms with van der Waals surface area (Å²) in [6, 6.07) is 0. The first kappa shape index (κ1) is 65.4. The fourth-order valence-corrected chi connectivity index (χ4v) is 9.32. The third-order valence-corrected chi connectivity index (χ3v) is 14.3. The highest BCUT2D eigenvalue weighted by Gasteiger charge is 2.19. The molecule has 0 radical (unpaired) electrons. The van der Waals surface area contributed by atoms with Crippen LogP contribution in [-0.2, 0) is 28.6 Å². The third kappa shape index (κ3) is 53.6. The van der Waals surface area contributed by atoms with Gasteiger partial charge in [0.2, 0.25) is 0 Å². The highest BCUT2D eigenvalue weighted by Crippen LogP contribution is 2.19. The molecule has 0 aromatic rings. The van der Waals surface area contributed by atoms with Crippen LogP contribution in [0.15, 0.2) is 0 Å². The van der Waals surface area contributed by atoms with Crippen LogP contribution in [0.3, 0.4) is 0 Å². The zero-order chi connectivity index (χ0) is 49.1. The topological polar surface area (TPSA) is 78.9 Å². The Hall–Kier alpha value is -1.59. The average Bonchev–Trinajstić information content (AvgIpc) is 3.30. The van der Waals surface area contributed by atoms with Crippen molar-refractivity contribution in [3.63, 3.8) is 0 Å². The molecule has 0 saturated heterocycles. The van der Waals surface area contributed by atoms with Crippen LogP contribution in [0.4, 0.5) is 0 Å². The smallest absolute Gasteiger partial charge is 0.306 e. The van der Waals surface area contributed by atoms with E-state index in [4.69, 9.17) is 14.2 Å². The number of carbonyl (C=O) groups excluding carboxylic acids is 3. The van der Waals surface area contributed by atoms with Crippen molar-refractivity contribution in [2.24, 2.45) is 17.8 Å². The highest BCUT2D eigenvalue weighted by molar-refractivity contribution is 5.71. The summed E-state index contributed by atoms with van der Waals surface area (Å²) in [5.41, 5.74) is 0. The average molecular weight is 948 g/mol. The number of hydrogen-bond donors (Lipinski definition) is 0. The second-order valence-electron chi connectivity index (χ2n) is 22.2. The molecule has 0 saturated carbocycles. The lowest BCUT2D eigenvalue weighted by atomic mass is 9.99. The Kier molecular flexibility index (Phi) is 51.0. The SMILES string of the molecule is CCC(C)CCCCCCCCCCCCC(=O)OC[C@@H](COC(=O)CCCCCCCCCCCCCC(C)C)OC(=O)CCCCCCCCCCCCCCCCCCCCC(C)C. The first-order chi connectivity index (χ1) is 32.6. The maximum Gasteiger partial charge on any atom is 0.306 e. The van der Waals surface area contributed by atoms with Crippen molar-refractivity contribution in [1.29, 1.82) is 0 Å². The molecule has 0 aliphatic heterocycles. The molecule has 0 spiro atoms. The predicted molar refractivity (Wildman–Crippen MR) is 289 cm³/mol. The van der Waals surface area contributed by atoms with E-state index in [1.807, 2.05) is 0 Å². The second kappa shape index (κ2) is 52.2. The standard InChI is InChI=1S/C61H118O6/c1-7-57(6)49-43-37-31-25-21-22-27-33-39-45-51-60(63)66-54-58(53-65-59(62)50-44-38-32-26-20-16-18-24-30-36-42-48-56(4)5)67-61(64)52-46-40-34-28-19-15-13-11-9-8-10-12-14-17-23-29-35-41-47-55(2)3/h55-58H,7-54H2,1-6H3/t57?,58-/m1/s1. The predicted octanol–water partition coefficient (Wildman–Crippen LogP) is 19.9. The van der Waals surface area contributed by atoms with Gasteiger partial charge in [-0.05, 0) is 37.0 Å². The molecule has 0 rings (SSSR count). The molecular weight excluding hydrogens is 829 g/mol. The molecule has 0 aromatic carbocycles. The summed E-state index contributed by atoms with van der Waals surface area (Å²) in [5.74, 6) is 1.71. The molecule has 398 valence electrons. The van der Waals surface area contributed by atoms with Crippen LogP contribution in [0.25, 0.3) is 0 Å². The van der Waals surface area contributed by atoms with Crippen molar-refractivity contribution in [2.45, 2.75) is 343 Å². The number of ether oxygens (including phenoxy) is 3. The molecule has 0 aliphatic carbocycles. The molecule has 6 heteroatoms. The Balaban J connectivity index is 4.27. The van der Waals surface area contributed by atoms with E-state index in [-0.39, 0.29) is 31.1 Å². The number of carbonyl (C=O) groups is 3. The highest BCUT2D eigenvalue weighted by atomic mass is 16.6. The molecule has 2 atom stereocenters. The first-order valence-corrected chi connectivity index (χ1v) is 30.1. The third-order valence-electron chi connectivity index (χ3n) is 14.3. The number of rotatable bonds is 54. The van der Waals surface area contributed by atoms with Gasteiger partial charge in [0.15, 0.2) is 6.10 Å². The van der Waals surface area contributed by atoms with Crippen molar-refractivity contribution >= 4 is 17.9 Å². The molecule has 0 bridgehead atoms. The minimum atomic E-state index is -0.764. The lowest BCUT2D eigenvalue weighted by Gasteiger charge is -2.18. The molecule has 6 nitrogen and oxygen atoms in total. The lowest BCUT2D eigenvalue weighted by Crippen LogP contribution is -2.30. The molecule has 67 heavy (non-hydrogen) atoms. The number of unbranched alkanes of at least 4 members (excludes halogenated alkanes) is 36. The van der Waals surface area contributed by atoms with Crippen LogP contribution in [0.1, 0.15) is 337 Å². The van der Waals surface area contributed by atoms with E-state index >= 15 is 0 Å². The largest absolute Gasteiger partial charge is 0.462 e. The van der Waals surface area contributed by atoms with Gasteiger partial charge in [0.25, 0.3) is 0 Å². The van der Waals surface area contributed by atoms with E-state index in [1.54, 1.807) is 0 Å². The van der Waals surface area contributed by atoms with Gasteiger partial charge in [0, 0.05) is 19.3 Å². The minimum absolute atomic E-state index is 0.0635. The van der Waals surface area contributed by atoms with Crippen LogP contribution in [0.2, 0.25) is 0 Å². The van der Waals surface area contributed by atoms with Crippen LogP contribution < -0.4 is 0 Å². The quantitative estimate of drug-likeness (QED) is 0.0343. The Morgan fingerprint density at radius 3 is 0.776 bits per heavy atom. The summed E-state index contributed by atoms with van der Waals surface area (Å²) in [6.45, 7) is 13.8. The van der Waals surface area contributed by atoms with Gasteiger partial charge in [-0.15, -0.1) is 0 Å². The zero-order valence-corrected chi connectivity index (χ0v) is 46.2. The fraction of sp³-hybridized carbons (Fsp3) is 0.951. The summed E-state index contributed by atoms with van der Waals surface area (Å²) in [5, 5.41) is 0. The van der Waals surface area contributed by atoms with E-state index in [1.165, 1.54) is 218 Å². The summed E-state index contributed by atoms with van der Waals surface area (Å²) >= 11 is 0. The van der Waals surface area contributed by atoms with E-state index in [0.29, 0.717) is 19.3 Å². The summed E-state index contributed by atoms with van der Waals surface area (Å²) in [7, 11) is 0. The summed E-state index contributed by atoms with van der Waals surface area (Å²) in [4.78, 5) is 38.2. The normalized spacial score (nSPS) is 12.5. The molecule has 0 aromatic heterocycles. The lowest BCUT2D eigenvalue weighted by molar-refractivity contribution is -0.167. The molecule has 0 N–H and O–H groups in total. The molecule has 0 aliphatic rings. The van der Waals surface area contributed by atoms with E-state index in [0.717, 1.165) is 75.5 Å². The maximum atomic E-state index is 12.9. The maximum absolute atomic E-state index is 12.9. The summed E-state index contributed by atoms with van der Waals surface area (Å²) in [6.07, 6.45) is 55.2. The minimum Gasteiger partial charge on any atom is -0.462 e. The molecule has 1 unspecified atom stereocenters. The fourth-order valence-electron chi connectivity index (χ4n) is 9.32. The van der Waals surface area contributed by atoms with Crippen LogP contribution in [-0.4, -0.2) is 37.2 Å². The Morgan fingerprint density at radius 2 is 0.522 bits per heavy atom. The molecular formula is C61H118O6. The van der Waals surface area contributed by atoms with Gasteiger partial charge in [0.1, 0.15) is 13.2 Å². The van der Waals surface area contributed by atoms with Crippen molar-refractivity contribution in [1.82, 2.24) is 0 Å². The van der Waals surface area contributed by atoms with Crippen LogP contribution >= 0.6 is 0 Å². The van der Waals surface area contributed by atoms with Crippen molar-refractivity contribution in [3.05, 3.63) is 0 Å². The van der Waals surface area contributed by atoms with Gasteiger partial charge in [-0.1, -0.05) is 298 Å². The van der Waals surface area contributed by atoms with Gasteiger partial charge in [-0.3, -0.25) is 14.4 Å². The van der Waals surface area contributed by atoms with Gasteiger partial charge < -0.3 is 14.2 Å². The zero-order valence-electron chi connectivity index (χ0n) is 46.2. The van der Waals surface area contributed by atoms with Crippen LogP contribution in [0, 0.1) is 17.8 Å². The second-order valence-corrected chi connectivity index (χ2v) is 22.2. The van der Waals surface area contributed by atoms with Gasteiger partial charge in [-0.2, -0.15) is 0 Å². The monoisotopic (exact) mass is 947 g/mol. The number of hydrogen-bond acceptors (Lipinski definition) is 6. The Labute approximate surface area is 418 Å². The van der Waals surface area contributed by atoms with Crippen molar-refractivity contribution < 1.29 is 28.6 Å². The Bertz CT molecular complexity index is 1040. The van der Waals surface area contributed by atoms with E-state index in [2.05, 4.69) is 41.5 Å². The van der Waals surface area contributed by atoms with Gasteiger partial charge in [-0.25, -0.2) is 0 Å². The van der Waals surface area contributed by atoms with Crippen molar-refractivity contribution in [2.75, 3.05) is 13.2 Å². The number of esters is 3. The molecule has 0 heterocycles. The molecule has 0 amide bonds. The van der Waals surface area contributed by atoms with Gasteiger partial charge in [0.05, 0.1) is 0 Å². The Morgan fingerprint density at radius 1 is 0.299 bits per heavy atom.